The van der Waals surface area contributed by atoms with E-state index in [0.717, 1.165) is 18.6 Å². The number of hydrogen-bond donors (Lipinski definition) is 1. The van der Waals surface area contributed by atoms with E-state index in [1.807, 2.05) is 0 Å². The number of benzene rings is 2. The SMILES string of the molecule is COc1ccc(OC(C)C(=O)O)c(-c2nsc3ccc(-n4c(=O)cc(C(F)(F)F)n(C)c4=O)cc23)c1. The molecule has 0 saturated heterocycles. The molecule has 0 fully saturated rings. The van der Waals surface area contributed by atoms with Crippen molar-refractivity contribution in [3.8, 4) is 28.4 Å². The van der Waals surface area contributed by atoms with E-state index in [2.05, 4.69) is 4.37 Å². The fraction of sp³-hybridized carbons (Fsp3) is 0.217. The van der Waals surface area contributed by atoms with Crippen LogP contribution in [0.4, 0.5) is 13.2 Å². The number of hydrogen-bond acceptors (Lipinski definition) is 7. The summed E-state index contributed by atoms with van der Waals surface area (Å²) in [7, 11) is 2.38. The van der Waals surface area contributed by atoms with Crippen LogP contribution in [0.15, 0.2) is 52.1 Å². The van der Waals surface area contributed by atoms with Crippen molar-refractivity contribution in [2.75, 3.05) is 7.11 Å². The van der Waals surface area contributed by atoms with Gasteiger partial charge in [-0.2, -0.15) is 17.5 Å². The lowest BCUT2D eigenvalue weighted by molar-refractivity contribution is -0.144. The first kappa shape index (κ1) is 25.0. The van der Waals surface area contributed by atoms with E-state index in [1.165, 1.54) is 32.2 Å². The number of halogens is 3. The van der Waals surface area contributed by atoms with Gasteiger partial charge >= 0.3 is 17.8 Å². The minimum absolute atomic E-state index is 0.0348. The molecule has 2 heterocycles. The van der Waals surface area contributed by atoms with Gasteiger partial charge in [0.1, 0.15) is 17.2 Å². The molecule has 13 heteroatoms. The van der Waals surface area contributed by atoms with Gasteiger partial charge in [0.05, 0.1) is 23.2 Å². The first-order valence-electron chi connectivity index (χ1n) is 10.3. The molecule has 1 N–H and O–H groups in total. The molecule has 0 aliphatic rings. The molecule has 0 amide bonds. The molecule has 188 valence electrons. The Morgan fingerprint density at radius 1 is 1.14 bits per heavy atom. The zero-order valence-corrected chi connectivity index (χ0v) is 19.8. The van der Waals surface area contributed by atoms with Gasteiger partial charge in [0.15, 0.2) is 6.10 Å². The molecule has 0 aliphatic heterocycles. The molecule has 1 unspecified atom stereocenters. The number of fused-ring (bicyclic) bond motifs is 1. The number of carbonyl (C=O) groups is 1. The van der Waals surface area contributed by atoms with E-state index in [-0.39, 0.29) is 11.4 Å². The second-order valence-corrected chi connectivity index (χ2v) is 8.52. The molecule has 0 radical (unpaired) electrons. The number of carboxylic acid groups (broad SMARTS) is 1. The molecular weight excluding hydrogens is 503 g/mol. The maximum atomic E-state index is 13.2. The monoisotopic (exact) mass is 521 g/mol. The van der Waals surface area contributed by atoms with Crippen molar-refractivity contribution in [3.05, 3.63) is 69.0 Å². The number of methoxy groups -OCH3 is 1. The number of aromatic nitrogens is 3. The molecule has 36 heavy (non-hydrogen) atoms. The summed E-state index contributed by atoms with van der Waals surface area (Å²) in [5.41, 5.74) is -2.90. The van der Waals surface area contributed by atoms with Crippen LogP contribution in [-0.2, 0) is 18.0 Å². The van der Waals surface area contributed by atoms with Gasteiger partial charge in [0.2, 0.25) is 0 Å². The standard InChI is InChI=1S/C23H18F3N3O6S/c1-11(21(31)32)35-16-6-5-13(34-3)9-14(16)20-15-8-12(4-7-17(15)36-27-20)29-19(30)10-18(23(24,25)26)28(2)22(29)33/h4-11H,1-3H3,(H,31,32). The Hall–Kier alpha value is -4.13. The minimum atomic E-state index is -4.88. The van der Waals surface area contributed by atoms with Crippen LogP contribution >= 0.6 is 11.5 Å². The third-order valence-corrected chi connectivity index (χ3v) is 6.24. The summed E-state index contributed by atoms with van der Waals surface area (Å²) in [5.74, 6) is -0.545. The molecule has 1 atom stereocenters. The molecule has 2 aromatic heterocycles. The summed E-state index contributed by atoms with van der Waals surface area (Å²) in [6, 6.07) is 9.52. The molecule has 0 saturated carbocycles. The number of ether oxygens (including phenoxy) is 2. The molecule has 0 aliphatic carbocycles. The Bertz CT molecular complexity index is 1610. The van der Waals surface area contributed by atoms with Crippen molar-refractivity contribution >= 4 is 27.6 Å². The maximum Gasteiger partial charge on any atom is 0.431 e. The molecule has 4 aromatic rings. The van der Waals surface area contributed by atoms with Gasteiger partial charge in [0, 0.05) is 24.1 Å². The van der Waals surface area contributed by atoms with Crippen LogP contribution in [0.3, 0.4) is 0 Å². The van der Waals surface area contributed by atoms with Gasteiger partial charge in [-0.25, -0.2) is 14.2 Å². The number of nitrogens with zero attached hydrogens (tertiary/aromatic N) is 3. The van der Waals surface area contributed by atoms with E-state index in [9.17, 15) is 32.7 Å². The van der Waals surface area contributed by atoms with Crippen molar-refractivity contribution in [3.63, 3.8) is 0 Å². The minimum Gasteiger partial charge on any atom is -0.497 e. The highest BCUT2D eigenvalue weighted by atomic mass is 32.1. The average Bonchev–Trinajstić information content (AvgIpc) is 3.24. The van der Waals surface area contributed by atoms with Crippen LogP contribution in [0, 0.1) is 0 Å². The number of carboxylic acids is 1. The Morgan fingerprint density at radius 3 is 2.50 bits per heavy atom. The van der Waals surface area contributed by atoms with Crippen LogP contribution in [0.1, 0.15) is 12.6 Å². The third-order valence-electron chi connectivity index (χ3n) is 5.42. The molecule has 2 aromatic carbocycles. The summed E-state index contributed by atoms with van der Waals surface area (Å²) in [6.45, 7) is 1.36. The Kier molecular flexibility index (Phi) is 6.35. The molecule has 0 spiro atoms. The topological polar surface area (TPSA) is 113 Å². The highest BCUT2D eigenvalue weighted by Gasteiger charge is 2.35. The highest BCUT2D eigenvalue weighted by Crippen LogP contribution is 2.39. The quantitative estimate of drug-likeness (QED) is 0.412. The largest absolute Gasteiger partial charge is 0.497 e. The normalized spacial score (nSPS) is 12.5. The Labute approximate surface area is 204 Å². The lowest BCUT2D eigenvalue weighted by atomic mass is 10.1. The molecule has 0 bridgehead atoms. The van der Waals surface area contributed by atoms with Crippen molar-refractivity contribution < 1.29 is 32.5 Å². The van der Waals surface area contributed by atoms with Crippen LogP contribution in [0.5, 0.6) is 11.5 Å². The lowest BCUT2D eigenvalue weighted by Gasteiger charge is -2.15. The van der Waals surface area contributed by atoms with Crippen molar-refractivity contribution in [2.45, 2.75) is 19.2 Å². The van der Waals surface area contributed by atoms with Crippen LogP contribution in [0.25, 0.3) is 27.0 Å². The van der Waals surface area contributed by atoms with Gasteiger partial charge in [-0.3, -0.25) is 9.36 Å². The molecular formula is C23H18F3N3O6S. The summed E-state index contributed by atoms with van der Waals surface area (Å²) in [6.07, 6.45) is -6.05. The number of aliphatic carboxylic acids is 1. The van der Waals surface area contributed by atoms with Crippen molar-refractivity contribution in [1.82, 2.24) is 13.5 Å². The molecule has 9 nitrogen and oxygen atoms in total. The summed E-state index contributed by atoms with van der Waals surface area (Å²) < 4.78 is 56.6. The van der Waals surface area contributed by atoms with Crippen molar-refractivity contribution in [2.24, 2.45) is 7.05 Å². The van der Waals surface area contributed by atoms with E-state index >= 15 is 0 Å². The lowest BCUT2D eigenvalue weighted by Crippen LogP contribution is -2.40. The Balaban J connectivity index is 1.92. The van der Waals surface area contributed by atoms with Gasteiger partial charge in [-0.15, -0.1) is 0 Å². The third kappa shape index (κ3) is 4.44. The maximum absolute atomic E-state index is 13.2. The van der Waals surface area contributed by atoms with Gasteiger partial charge in [-0.05, 0) is 54.9 Å². The zero-order valence-electron chi connectivity index (χ0n) is 19.0. The number of alkyl halides is 3. The first-order chi connectivity index (χ1) is 16.9. The van der Waals surface area contributed by atoms with Crippen molar-refractivity contribution in [1.29, 1.82) is 0 Å². The molecule has 4 rings (SSSR count). The average molecular weight is 521 g/mol. The fourth-order valence-corrected chi connectivity index (χ4v) is 4.33. The van der Waals surface area contributed by atoms with E-state index < -0.39 is 35.2 Å². The summed E-state index contributed by atoms with van der Waals surface area (Å²) in [5, 5.41) is 9.71. The fourth-order valence-electron chi connectivity index (χ4n) is 3.56. The zero-order chi connectivity index (χ0) is 26.4. The van der Waals surface area contributed by atoms with Crippen LogP contribution in [-0.4, -0.2) is 37.8 Å². The number of rotatable bonds is 6. The second kappa shape index (κ2) is 9.15. The van der Waals surface area contributed by atoms with E-state index in [4.69, 9.17) is 9.47 Å². The van der Waals surface area contributed by atoms with Crippen LogP contribution in [0.2, 0.25) is 0 Å². The summed E-state index contributed by atoms with van der Waals surface area (Å²) >= 11 is 1.10. The Morgan fingerprint density at radius 2 is 1.86 bits per heavy atom. The van der Waals surface area contributed by atoms with Crippen LogP contribution < -0.4 is 20.7 Å². The van der Waals surface area contributed by atoms with Gasteiger partial charge < -0.3 is 14.6 Å². The predicted octanol–water partition coefficient (Wildman–Crippen LogP) is 3.69. The second-order valence-electron chi connectivity index (χ2n) is 7.71. The predicted molar refractivity (Wildman–Crippen MR) is 125 cm³/mol. The van der Waals surface area contributed by atoms with Gasteiger partial charge in [-0.1, -0.05) is 0 Å². The smallest absolute Gasteiger partial charge is 0.431 e. The van der Waals surface area contributed by atoms with Gasteiger partial charge in [0.25, 0.3) is 5.56 Å². The van der Waals surface area contributed by atoms with E-state index in [0.29, 0.717) is 42.3 Å². The highest BCUT2D eigenvalue weighted by molar-refractivity contribution is 7.13. The first-order valence-corrected chi connectivity index (χ1v) is 11.1. The van der Waals surface area contributed by atoms with E-state index in [1.54, 1.807) is 18.2 Å². The summed E-state index contributed by atoms with van der Waals surface area (Å²) in [4.78, 5) is 36.6.